The van der Waals surface area contributed by atoms with Crippen LogP contribution in [0.5, 0.6) is 5.75 Å². The number of rotatable bonds is 7. The molecule has 0 aliphatic rings. The monoisotopic (exact) mass is 341 g/mol. The Bertz CT molecular complexity index is 715. The molecule has 0 saturated carbocycles. The van der Waals surface area contributed by atoms with E-state index in [1.165, 1.54) is 25.1 Å². The van der Waals surface area contributed by atoms with E-state index in [1.54, 1.807) is 6.07 Å². The Morgan fingerprint density at radius 2 is 1.84 bits per heavy atom. The molecule has 0 bridgehead atoms. The Labute approximate surface area is 147 Å². The molecule has 2 atom stereocenters. The molecule has 0 radical (unpaired) electrons. The molecular formula is C20H23NO4. The first-order valence-corrected chi connectivity index (χ1v) is 8.34. The van der Waals surface area contributed by atoms with Crippen molar-refractivity contribution in [3.63, 3.8) is 0 Å². The van der Waals surface area contributed by atoms with Crippen LogP contribution in [0.3, 0.4) is 0 Å². The first-order chi connectivity index (χ1) is 12.0. The number of carbonyl (C=O) groups excluding carboxylic acids is 2. The minimum atomic E-state index is -0.914. The van der Waals surface area contributed by atoms with Crippen LogP contribution in [0.1, 0.15) is 42.1 Å². The molecule has 0 saturated heterocycles. The summed E-state index contributed by atoms with van der Waals surface area (Å²) < 4.78 is 5.16. The molecule has 5 heteroatoms. The number of carbonyl (C=O) groups is 2. The van der Waals surface area contributed by atoms with Gasteiger partial charge in [-0.15, -0.1) is 0 Å². The second-order valence-corrected chi connectivity index (χ2v) is 5.86. The molecule has 2 rings (SSSR count). The largest absolute Gasteiger partial charge is 0.508 e. The first kappa shape index (κ1) is 18.5. The highest BCUT2D eigenvalue weighted by atomic mass is 16.5. The van der Waals surface area contributed by atoms with Crippen molar-refractivity contribution in [3.8, 4) is 5.75 Å². The van der Waals surface area contributed by atoms with E-state index in [0.717, 1.165) is 12.0 Å². The van der Waals surface area contributed by atoms with Gasteiger partial charge in [0, 0.05) is 12.5 Å². The van der Waals surface area contributed by atoms with Crippen molar-refractivity contribution in [2.45, 2.75) is 32.3 Å². The van der Waals surface area contributed by atoms with Gasteiger partial charge in [0.15, 0.2) is 6.10 Å². The summed E-state index contributed by atoms with van der Waals surface area (Å²) >= 11 is 0. The molecule has 0 aliphatic heterocycles. The average Bonchev–Trinajstić information content (AvgIpc) is 2.62. The number of phenols is 1. The van der Waals surface area contributed by atoms with Crippen molar-refractivity contribution in [1.29, 1.82) is 0 Å². The predicted octanol–water partition coefficient (Wildman–Crippen LogP) is 3.25. The van der Waals surface area contributed by atoms with Crippen LogP contribution >= 0.6 is 0 Å². The van der Waals surface area contributed by atoms with Crippen LogP contribution < -0.4 is 5.32 Å². The van der Waals surface area contributed by atoms with Crippen LogP contribution in [0.25, 0.3) is 0 Å². The Kier molecular flexibility index (Phi) is 6.57. The summed E-state index contributed by atoms with van der Waals surface area (Å²) in [6.07, 6.45) is -0.0231. The summed E-state index contributed by atoms with van der Waals surface area (Å²) in [5, 5.41) is 12.2. The molecular weight excluding hydrogens is 318 g/mol. The number of ether oxygens (including phenoxy) is 1. The molecule has 2 aromatic carbocycles. The van der Waals surface area contributed by atoms with E-state index in [0.29, 0.717) is 6.54 Å². The lowest BCUT2D eigenvalue weighted by Crippen LogP contribution is -2.38. The number of nitrogens with one attached hydrogen (secondary N) is 1. The Hall–Kier alpha value is -2.82. The molecule has 0 heterocycles. The van der Waals surface area contributed by atoms with Crippen molar-refractivity contribution in [2.24, 2.45) is 0 Å². The molecule has 0 aliphatic carbocycles. The summed E-state index contributed by atoms with van der Waals surface area (Å²) in [6, 6.07) is 15.8. The van der Waals surface area contributed by atoms with Gasteiger partial charge in [-0.25, -0.2) is 4.79 Å². The first-order valence-electron chi connectivity index (χ1n) is 8.34. The van der Waals surface area contributed by atoms with Gasteiger partial charge in [0.05, 0.1) is 5.56 Å². The van der Waals surface area contributed by atoms with E-state index in [4.69, 9.17) is 4.74 Å². The maximum Gasteiger partial charge on any atom is 0.339 e. The van der Waals surface area contributed by atoms with Gasteiger partial charge in [-0.3, -0.25) is 4.79 Å². The van der Waals surface area contributed by atoms with Crippen LogP contribution in [0.2, 0.25) is 0 Å². The lowest BCUT2D eigenvalue weighted by Gasteiger charge is -2.18. The third-order valence-electron chi connectivity index (χ3n) is 4.02. The number of aromatic hydroxyl groups is 1. The van der Waals surface area contributed by atoms with Crippen LogP contribution in [-0.2, 0) is 9.53 Å². The molecule has 2 N–H and O–H groups in total. The second-order valence-electron chi connectivity index (χ2n) is 5.86. The number of hydrogen-bond acceptors (Lipinski definition) is 4. The van der Waals surface area contributed by atoms with Gasteiger partial charge in [-0.2, -0.15) is 0 Å². The van der Waals surface area contributed by atoms with Gasteiger partial charge in [-0.1, -0.05) is 43.3 Å². The Balaban J connectivity index is 1.88. The quantitative estimate of drug-likeness (QED) is 0.758. The molecule has 132 valence electrons. The highest BCUT2D eigenvalue weighted by Crippen LogP contribution is 2.18. The van der Waals surface area contributed by atoms with Crippen LogP contribution in [0, 0.1) is 0 Å². The standard InChI is InChI=1S/C20H23NO4/c1-3-15(16-8-5-4-6-9-16)13-21-19(23)14(2)25-20(24)17-10-7-11-18(22)12-17/h4-12,14-15,22H,3,13H2,1-2H3,(H,21,23)/t14-,15+/m1/s1. The van der Waals surface area contributed by atoms with E-state index in [9.17, 15) is 14.7 Å². The van der Waals surface area contributed by atoms with Crippen molar-refractivity contribution < 1.29 is 19.4 Å². The third kappa shape index (κ3) is 5.35. The smallest absolute Gasteiger partial charge is 0.339 e. The predicted molar refractivity (Wildman–Crippen MR) is 95.5 cm³/mol. The van der Waals surface area contributed by atoms with Crippen molar-refractivity contribution in [1.82, 2.24) is 5.32 Å². The summed E-state index contributed by atoms with van der Waals surface area (Å²) in [4.78, 5) is 24.2. The molecule has 0 aromatic heterocycles. The lowest BCUT2D eigenvalue weighted by molar-refractivity contribution is -0.129. The third-order valence-corrected chi connectivity index (χ3v) is 4.02. The van der Waals surface area contributed by atoms with Gasteiger partial charge in [-0.05, 0) is 37.1 Å². The topological polar surface area (TPSA) is 75.6 Å². The summed E-state index contributed by atoms with van der Waals surface area (Å²) in [7, 11) is 0. The average molecular weight is 341 g/mol. The van der Waals surface area contributed by atoms with E-state index < -0.39 is 12.1 Å². The van der Waals surface area contributed by atoms with Gasteiger partial charge in [0.1, 0.15) is 5.75 Å². The van der Waals surface area contributed by atoms with Gasteiger partial charge in [0.25, 0.3) is 5.91 Å². The van der Waals surface area contributed by atoms with E-state index in [2.05, 4.69) is 12.2 Å². The lowest BCUT2D eigenvalue weighted by atomic mass is 9.96. The van der Waals surface area contributed by atoms with E-state index in [1.807, 2.05) is 30.3 Å². The van der Waals surface area contributed by atoms with Gasteiger partial charge < -0.3 is 15.2 Å². The summed E-state index contributed by atoms with van der Waals surface area (Å²) in [5.41, 5.74) is 1.37. The molecule has 25 heavy (non-hydrogen) atoms. The number of hydrogen-bond donors (Lipinski definition) is 2. The molecule has 5 nitrogen and oxygen atoms in total. The molecule has 1 amide bonds. The van der Waals surface area contributed by atoms with E-state index in [-0.39, 0.29) is 23.1 Å². The molecule has 0 unspecified atom stereocenters. The van der Waals surface area contributed by atoms with Gasteiger partial charge >= 0.3 is 5.97 Å². The fourth-order valence-electron chi connectivity index (χ4n) is 2.51. The zero-order valence-corrected chi connectivity index (χ0v) is 14.4. The molecule has 2 aromatic rings. The van der Waals surface area contributed by atoms with Crippen molar-refractivity contribution in [3.05, 3.63) is 65.7 Å². The van der Waals surface area contributed by atoms with Gasteiger partial charge in [0.2, 0.25) is 0 Å². The highest BCUT2D eigenvalue weighted by Gasteiger charge is 2.20. The van der Waals surface area contributed by atoms with Crippen molar-refractivity contribution in [2.75, 3.05) is 6.54 Å². The van der Waals surface area contributed by atoms with E-state index >= 15 is 0 Å². The van der Waals surface area contributed by atoms with Crippen LogP contribution in [-0.4, -0.2) is 29.6 Å². The fraction of sp³-hybridized carbons (Fsp3) is 0.300. The van der Waals surface area contributed by atoms with Crippen molar-refractivity contribution >= 4 is 11.9 Å². The zero-order chi connectivity index (χ0) is 18.2. The van der Waals surface area contributed by atoms with Crippen LogP contribution in [0.15, 0.2) is 54.6 Å². The molecule has 0 spiro atoms. The maximum atomic E-state index is 12.2. The minimum Gasteiger partial charge on any atom is -0.508 e. The number of esters is 1. The second kappa shape index (κ2) is 8.87. The van der Waals surface area contributed by atoms with Crippen LogP contribution in [0.4, 0.5) is 0 Å². The minimum absolute atomic E-state index is 0.0276. The highest BCUT2D eigenvalue weighted by molar-refractivity contribution is 5.92. The summed E-state index contributed by atoms with van der Waals surface area (Å²) in [5.74, 6) is -0.809. The SMILES string of the molecule is CC[C@@H](CNC(=O)[C@@H](C)OC(=O)c1cccc(O)c1)c1ccccc1. The Morgan fingerprint density at radius 3 is 2.48 bits per heavy atom. The fourth-order valence-corrected chi connectivity index (χ4v) is 2.51. The normalized spacial score (nSPS) is 12.9. The number of amides is 1. The zero-order valence-electron chi connectivity index (χ0n) is 14.4. The maximum absolute atomic E-state index is 12.2. The molecule has 0 fully saturated rings. The number of benzene rings is 2. The summed E-state index contributed by atoms with van der Waals surface area (Å²) in [6.45, 7) is 4.07. The Morgan fingerprint density at radius 1 is 1.12 bits per heavy atom. The number of phenolic OH excluding ortho intramolecular Hbond substituents is 1.